The summed E-state index contributed by atoms with van der Waals surface area (Å²) < 4.78 is 11.0. The Morgan fingerprint density at radius 2 is 1.63 bits per heavy atom. The molecule has 0 unspecified atom stereocenters. The molecule has 0 radical (unpaired) electrons. The molecule has 3 aromatic carbocycles. The standard InChI is InChI=1S/C28H27N3O4/c1-18-9-7-11-24(20(18)3)31-28(33)22(16-29)14-21-12-13-25(26(15-21)34-4)35-17-27(32)30-23-10-6-5-8-19(23)2/h5-15H,17H2,1-4H3,(H,30,32)(H,31,33)/b22-14-. The van der Waals surface area contributed by atoms with Crippen molar-refractivity contribution >= 4 is 29.3 Å². The van der Waals surface area contributed by atoms with E-state index in [1.54, 1.807) is 24.3 Å². The molecule has 35 heavy (non-hydrogen) atoms. The van der Waals surface area contributed by atoms with Crippen LogP contribution in [0.4, 0.5) is 11.4 Å². The first-order valence-electron chi connectivity index (χ1n) is 11.0. The highest BCUT2D eigenvalue weighted by Crippen LogP contribution is 2.29. The average molecular weight is 470 g/mol. The van der Waals surface area contributed by atoms with Crippen molar-refractivity contribution in [2.24, 2.45) is 0 Å². The first-order chi connectivity index (χ1) is 16.8. The average Bonchev–Trinajstić information content (AvgIpc) is 2.85. The van der Waals surface area contributed by atoms with Crippen molar-refractivity contribution in [3.8, 4) is 17.6 Å². The van der Waals surface area contributed by atoms with E-state index < -0.39 is 5.91 Å². The summed E-state index contributed by atoms with van der Waals surface area (Å²) in [7, 11) is 1.47. The quantitative estimate of drug-likeness (QED) is 0.350. The van der Waals surface area contributed by atoms with E-state index in [1.807, 2.05) is 63.2 Å². The predicted octanol–water partition coefficient (Wildman–Crippen LogP) is 5.18. The van der Waals surface area contributed by atoms with E-state index in [2.05, 4.69) is 10.6 Å². The van der Waals surface area contributed by atoms with Crippen molar-refractivity contribution in [3.63, 3.8) is 0 Å². The van der Waals surface area contributed by atoms with Crippen molar-refractivity contribution in [3.05, 3.63) is 88.5 Å². The van der Waals surface area contributed by atoms with Crippen molar-refractivity contribution in [1.82, 2.24) is 0 Å². The number of rotatable bonds is 8. The molecule has 0 aliphatic rings. The number of aryl methyl sites for hydroxylation is 2. The number of hydrogen-bond donors (Lipinski definition) is 2. The predicted molar refractivity (Wildman–Crippen MR) is 136 cm³/mol. The number of carbonyl (C=O) groups excluding carboxylic acids is 2. The Morgan fingerprint density at radius 1 is 0.914 bits per heavy atom. The Balaban J connectivity index is 1.70. The summed E-state index contributed by atoms with van der Waals surface area (Å²) in [6.45, 7) is 5.56. The minimum atomic E-state index is -0.506. The van der Waals surface area contributed by atoms with Gasteiger partial charge in [0.2, 0.25) is 0 Å². The molecule has 7 nitrogen and oxygen atoms in total. The molecule has 0 fully saturated rings. The van der Waals surface area contributed by atoms with E-state index in [1.165, 1.54) is 13.2 Å². The Morgan fingerprint density at radius 3 is 2.34 bits per heavy atom. The van der Waals surface area contributed by atoms with Gasteiger partial charge in [0, 0.05) is 11.4 Å². The topological polar surface area (TPSA) is 100 Å². The molecule has 178 valence electrons. The lowest BCUT2D eigenvalue weighted by Gasteiger charge is -2.13. The van der Waals surface area contributed by atoms with Crippen molar-refractivity contribution in [1.29, 1.82) is 5.26 Å². The molecule has 2 N–H and O–H groups in total. The number of ether oxygens (including phenoxy) is 2. The monoisotopic (exact) mass is 469 g/mol. The second-order valence-electron chi connectivity index (χ2n) is 7.93. The van der Waals surface area contributed by atoms with Gasteiger partial charge in [-0.05, 0) is 73.4 Å². The van der Waals surface area contributed by atoms with Gasteiger partial charge in [-0.1, -0.05) is 36.4 Å². The highest BCUT2D eigenvalue weighted by atomic mass is 16.5. The van der Waals surface area contributed by atoms with E-state index in [-0.39, 0.29) is 18.1 Å². The lowest BCUT2D eigenvalue weighted by atomic mass is 10.1. The molecule has 0 spiro atoms. The van der Waals surface area contributed by atoms with Crippen LogP contribution in [0.15, 0.2) is 66.2 Å². The molecule has 0 atom stereocenters. The molecule has 3 rings (SSSR count). The largest absolute Gasteiger partial charge is 0.493 e. The molecule has 3 aromatic rings. The third-order valence-electron chi connectivity index (χ3n) is 5.49. The fraction of sp³-hybridized carbons (Fsp3) is 0.179. The fourth-order valence-electron chi connectivity index (χ4n) is 3.33. The molecule has 0 aromatic heterocycles. The maximum absolute atomic E-state index is 12.7. The van der Waals surface area contributed by atoms with Crippen LogP contribution >= 0.6 is 0 Å². The number of hydrogen-bond acceptors (Lipinski definition) is 5. The third-order valence-corrected chi connectivity index (χ3v) is 5.49. The molecule has 2 amide bonds. The number of methoxy groups -OCH3 is 1. The Labute approximate surface area is 205 Å². The number of carbonyl (C=O) groups is 2. The van der Waals surface area contributed by atoms with Gasteiger partial charge in [0.05, 0.1) is 7.11 Å². The van der Waals surface area contributed by atoms with Crippen LogP contribution < -0.4 is 20.1 Å². The van der Waals surface area contributed by atoms with Crippen LogP contribution in [0.2, 0.25) is 0 Å². The van der Waals surface area contributed by atoms with Gasteiger partial charge in [-0.25, -0.2) is 0 Å². The molecule has 0 saturated carbocycles. The van der Waals surface area contributed by atoms with Gasteiger partial charge >= 0.3 is 0 Å². The summed E-state index contributed by atoms with van der Waals surface area (Å²) in [5.41, 5.74) is 4.82. The summed E-state index contributed by atoms with van der Waals surface area (Å²) in [5, 5.41) is 15.1. The Kier molecular flexibility index (Phi) is 8.25. The molecular formula is C28H27N3O4. The normalized spacial score (nSPS) is 10.8. The number of benzene rings is 3. The van der Waals surface area contributed by atoms with Crippen LogP contribution in [0.5, 0.6) is 11.5 Å². The van der Waals surface area contributed by atoms with E-state index in [0.29, 0.717) is 22.7 Å². The van der Waals surface area contributed by atoms with Gasteiger partial charge in [0.15, 0.2) is 18.1 Å². The summed E-state index contributed by atoms with van der Waals surface area (Å²) in [6, 6.07) is 19.9. The third kappa shape index (κ3) is 6.49. The van der Waals surface area contributed by atoms with E-state index >= 15 is 0 Å². The van der Waals surface area contributed by atoms with Crippen LogP contribution in [-0.4, -0.2) is 25.5 Å². The van der Waals surface area contributed by atoms with Gasteiger partial charge in [0.25, 0.3) is 11.8 Å². The fourth-order valence-corrected chi connectivity index (χ4v) is 3.33. The lowest BCUT2D eigenvalue weighted by molar-refractivity contribution is -0.118. The van der Waals surface area contributed by atoms with Crippen LogP contribution in [0, 0.1) is 32.1 Å². The van der Waals surface area contributed by atoms with Crippen molar-refractivity contribution < 1.29 is 19.1 Å². The molecular weight excluding hydrogens is 442 g/mol. The maximum atomic E-state index is 12.7. The highest BCUT2D eigenvalue weighted by molar-refractivity contribution is 6.10. The maximum Gasteiger partial charge on any atom is 0.266 e. The van der Waals surface area contributed by atoms with Gasteiger partial charge in [0.1, 0.15) is 11.6 Å². The van der Waals surface area contributed by atoms with Crippen LogP contribution in [-0.2, 0) is 9.59 Å². The van der Waals surface area contributed by atoms with Gasteiger partial charge in [-0.2, -0.15) is 5.26 Å². The van der Waals surface area contributed by atoms with Crippen molar-refractivity contribution in [2.75, 3.05) is 24.4 Å². The molecule has 7 heteroatoms. The lowest BCUT2D eigenvalue weighted by Crippen LogP contribution is -2.20. The highest BCUT2D eigenvalue weighted by Gasteiger charge is 2.13. The molecule has 0 aliphatic carbocycles. The van der Waals surface area contributed by atoms with Crippen molar-refractivity contribution in [2.45, 2.75) is 20.8 Å². The SMILES string of the molecule is COc1cc(/C=C(/C#N)C(=O)Nc2cccc(C)c2C)ccc1OCC(=O)Nc1ccccc1C. The van der Waals surface area contributed by atoms with Gasteiger partial charge in [-0.3, -0.25) is 9.59 Å². The zero-order valence-electron chi connectivity index (χ0n) is 20.1. The molecule has 0 aliphatic heterocycles. The van der Waals surface area contributed by atoms with E-state index in [4.69, 9.17) is 9.47 Å². The number of para-hydroxylation sites is 1. The van der Waals surface area contributed by atoms with Gasteiger partial charge < -0.3 is 20.1 Å². The first-order valence-corrected chi connectivity index (χ1v) is 11.0. The first kappa shape index (κ1) is 25.1. The Bertz CT molecular complexity index is 1320. The van der Waals surface area contributed by atoms with Crippen LogP contribution in [0.3, 0.4) is 0 Å². The van der Waals surface area contributed by atoms with E-state index in [0.717, 1.165) is 22.4 Å². The summed E-state index contributed by atoms with van der Waals surface area (Å²) >= 11 is 0. The summed E-state index contributed by atoms with van der Waals surface area (Å²) in [4.78, 5) is 25.0. The molecule has 0 saturated heterocycles. The van der Waals surface area contributed by atoms with Crippen LogP contribution in [0.25, 0.3) is 6.08 Å². The van der Waals surface area contributed by atoms with E-state index in [9.17, 15) is 14.9 Å². The molecule has 0 heterocycles. The zero-order valence-corrected chi connectivity index (χ0v) is 20.1. The zero-order chi connectivity index (χ0) is 25.4. The number of amides is 2. The second kappa shape index (κ2) is 11.5. The number of nitriles is 1. The molecule has 0 bridgehead atoms. The van der Waals surface area contributed by atoms with Gasteiger partial charge in [-0.15, -0.1) is 0 Å². The number of nitrogens with one attached hydrogen (secondary N) is 2. The van der Waals surface area contributed by atoms with Crippen LogP contribution in [0.1, 0.15) is 22.3 Å². The smallest absolute Gasteiger partial charge is 0.266 e. The summed E-state index contributed by atoms with van der Waals surface area (Å²) in [6.07, 6.45) is 1.47. The number of nitrogens with zero attached hydrogens (tertiary/aromatic N) is 1. The number of anilines is 2. The second-order valence-corrected chi connectivity index (χ2v) is 7.93. The minimum Gasteiger partial charge on any atom is -0.493 e. The Hall–Kier alpha value is -4.57. The minimum absolute atomic E-state index is 0.0563. The summed E-state index contributed by atoms with van der Waals surface area (Å²) in [5.74, 6) is -0.0776.